The number of nitrogens with one attached hydrogen (secondary N) is 1. The maximum atomic E-state index is 12.2. The Hall–Kier alpha value is -2.21. The van der Waals surface area contributed by atoms with Gasteiger partial charge in [-0.1, -0.05) is 12.1 Å². The molecule has 0 aliphatic rings. The molecule has 6 heteroatoms. The summed E-state index contributed by atoms with van der Waals surface area (Å²) in [7, 11) is 4.63. The molecule has 0 saturated heterocycles. The average molecular weight is 380 g/mol. The summed E-state index contributed by atoms with van der Waals surface area (Å²) in [6.07, 6.45) is 0.193. The molecule has 0 heterocycles. The Kier molecular flexibility index (Phi) is 5.87. The number of amides is 1. The largest absolute Gasteiger partial charge is 0.493 e. The van der Waals surface area contributed by atoms with Crippen molar-refractivity contribution in [2.75, 3.05) is 26.6 Å². The van der Waals surface area contributed by atoms with Gasteiger partial charge in [-0.15, -0.1) is 0 Å². The number of carbonyl (C=O) groups is 1. The number of hydrogen-bond donors (Lipinski definition) is 1. The van der Waals surface area contributed by atoms with E-state index in [1.807, 2.05) is 24.3 Å². The monoisotopic (exact) mass is 379 g/mol. The van der Waals surface area contributed by atoms with Crippen LogP contribution in [0.4, 0.5) is 5.69 Å². The number of ether oxygens (including phenoxy) is 3. The van der Waals surface area contributed by atoms with Crippen LogP contribution in [-0.2, 0) is 11.2 Å². The lowest BCUT2D eigenvalue weighted by atomic mass is 10.1. The van der Waals surface area contributed by atoms with E-state index < -0.39 is 0 Å². The predicted octanol–water partition coefficient (Wildman–Crippen LogP) is 3.66. The fraction of sp³-hybridized carbons (Fsp3) is 0.235. The van der Waals surface area contributed by atoms with E-state index in [1.54, 1.807) is 33.5 Å². The second-order valence-electron chi connectivity index (χ2n) is 4.74. The van der Waals surface area contributed by atoms with Gasteiger partial charge in [-0.2, -0.15) is 0 Å². The second kappa shape index (κ2) is 7.87. The van der Waals surface area contributed by atoms with Gasteiger partial charge in [0.15, 0.2) is 11.5 Å². The molecule has 23 heavy (non-hydrogen) atoms. The first-order chi connectivity index (χ1) is 11.1. The van der Waals surface area contributed by atoms with E-state index in [2.05, 4.69) is 21.2 Å². The minimum absolute atomic E-state index is 0.133. The molecule has 0 aromatic heterocycles. The molecule has 0 atom stereocenters. The van der Waals surface area contributed by atoms with Crippen LogP contribution in [0.5, 0.6) is 17.2 Å². The SMILES string of the molecule is COc1cc(CC(=O)Nc2ccccc2Br)cc(OC)c1OC. The standard InChI is InChI=1S/C17H18BrNO4/c1-21-14-8-11(9-15(22-2)17(14)23-3)10-16(20)19-13-7-5-4-6-12(13)18/h4-9H,10H2,1-3H3,(H,19,20). The summed E-state index contributed by atoms with van der Waals surface area (Å²) in [6, 6.07) is 11.0. The number of benzene rings is 2. The number of methoxy groups -OCH3 is 3. The molecule has 2 aromatic carbocycles. The second-order valence-corrected chi connectivity index (χ2v) is 5.59. The van der Waals surface area contributed by atoms with Crippen LogP contribution in [0.2, 0.25) is 0 Å². The van der Waals surface area contributed by atoms with Crippen molar-refractivity contribution in [2.24, 2.45) is 0 Å². The summed E-state index contributed by atoms with van der Waals surface area (Å²) in [4.78, 5) is 12.2. The number of para-hydroxylation sites is 1. The third kappa shape index (κ3) is 4.16. The minimum Gasteiger partial charge on any atom is -0.493 e. The van der Waals surface area contributed by atoms with Gasteiger partial charge in [-0.3, -0.25) is 4.79 Å². The van der Waals surface area contributed by atoms with Crippen LogP contribution in [0.3, 0.4) is 0 Å². The maximum absolute atomic E-state index is 12.2. The fourth-order valence-corrected chi connectivity index (χ4v) is 2.56. The molecular weight excluding hydrogens is 362 g/mol. The molecule has 0 saturated carbocycles. The zero-order valence-electron chi connectivity index (χ0n) is 13.2. The minimum atomic E-state index is -0.133. The summed E-state index contributed by atoms with van der Waals surface area (Å²) in [5.74, 6) is 1.42. The van der Waals surface area contributed by atoms with Gasteiger partial charge in [0.1, 0.15) is 0 Å². The highest BCUT2D eigenvalue weighted by molar-refractivity contribution is 9.10. The van der Waals surface area contributed by atoms with Gasteiger partial charge in [0.25, 0.3) is 0 Å². The molecule has 0 aliphatic carbocycles. The Morgan fingerprint density at radius 1 is 1.04 bits per heavy atom. The van der Waals surface area contributed by atoms with Gasteiger partial charge >= 0.3 is 0 Å². The van der Waals surface area contributed by atoms with Crippen LogP contribution >= 0.6 is 15.9 Å². The summed E-state index contributed by atoms with van der Waals surface area (Å²) >= 11 is 3.40. The van der Waals surface area contributed by atoms with Crippen molar-refractivity contribution in [1.82, 2.24) is 0 Å². The van der Waals surface area contributed by atoms with E-state index in [-0.39, 0.29) is 12.3 Å². The van der Waals surface area contributed by atoms with Crippen LogP contribution in [0.15, 0.2) is 40.9 Å². The zero-order valence-corrected chi connectivity index (χ0v) is 14.8. The molecule has 5 nitrogen and oxygen atoms in total. The highest BCUT2D eigenvalue weighted by Crippen LogP contribution is 2.38. The van der Waals surface area contributed by atoms with Crippen molar-refractivity contribution in [2.45, 2.75) is 6.42 Å². The van der Waals surface area contributed by atoms with Crippen molar-refractivity contribution < 1.29 is 19.0 Å². The number of hydrogen-bond acceptors (Lipinski definition) is 4. The van der Waals surface area contributed by atoms with Crippen LogP contribution in [-0.4, -0.2) is 27.2 Å². The molecule has 1 amide bonds. The van der Waals surface area contributed by atoms with Crippen molar-refractivity contribution in [1.29, 1.82) is 0 Å². The van der Waals surface area contributed by atoms with Gasteiger partial charge in [-0.25, -0.2) is 0 Å². The van der Waals surface area contributed by atoms with E-state index >= 15 is 0 Å². The fourth-order valence-electron chi connectivity index (χ4n) is 2.18. The van der Waals surface area contributed by atoms with Gasteiger partial charge in [0, 0.05) is 4.47 Å². The molecule has 1 N–H and O–H groups in total. The van der Waals surface area contributed by atoms with Crippen molar-refractivity contribution in [3.8, 4) is 17.2 Å². The van der Waals surface area contributed by atoms with Gasteiger partial charge in [0.2, 0.25) is 11.7 Å². The molecule has 0 aliphatic heterocycles. The average Bonchev–Trinajstić information content (AvgIpc) is 2.55. The van der Waals surface area contributed by atoms with Crippen molar-refractivity contribution >= 4 is 27.5 Å². The number of anilines is 1. The molecule has 0 unspecified atom stereocenters. The Morgan fingerprint density at radius 2 is 1.65 bits per heavy atom. The van der Waals surface area contributed by atoms with Crippen molar-refractivity contribution in [3.05, 3.63) is 46.4 Å². The Morgan fingerprint density at radius 3 is 2.17 bits per heavy atom. The quantitative estimate of drug-likeness (QED) is 0.831. The molecule has 0 bridgehead atoms. The number of halogens is 1. The topological polar surface area (TPSA) is 56.8 Å². The molecule has 122 valence electrons. The smallest absolute Gasteiger partial charge is 0.228 e. The Bertz CT molecular complexity index is 678. The normalized spacial score (nSPS) is 10.1. The predicted molar refractivity (Wildman–Crippen MR) is 92.6 cm³/mol. The maximum Gasteiger partial charge on any atom is 0.228 e. The van der Waals surface area contributed by atoms with E-state index in [0.29, 0.717) is 17.2 Å². The molecular formula is C17H18BrNO4. The molecule has 2 aromatic rings. The van der Waals surface area contributed by atoms with Crippen LogP contribution in [0.25, 0.3) is 0 Å². The first-order valence-electron chi connectivity index (χ1n) is 6.92. The first kappa shape index (κ1) is 17.1. The summed E-state index contributed by atoms with van der Waals surface area (Å²) < 4.78 is 16.7. The van der Waals surface area contributed by atoms with Crippen LogP contribution in [0.1, 0.15) is 5.56 Å². The lowest BCUT2D eigenvalue weighted by Crippen LogP contribution is -2.15. The Balaban J connectivity index is 2.19. The van der Waals surface area contributed by atoms with Gasteiger partial charge in [-0.05, 0) is 45.8 Å². The lowest BCUT2D eigenvalue weighted by Gasteiger charge is -2.14. The van der Waals surface area contributed by atoms with E-state index in [0.717, 1.165) is 15.7 Å². The molecule has 0 radical (unpaired) electrons. The summed E-state index contributed by atoms with van der Waals surface area (Å²) in [5.41, 5.74) is 1.49. The first-order valence-corrected chi connectivity index (χ1v) is 7.71. The van der Waals surface area contributed by atoms with Gasteiger partial charge < -0.3 is 19.5 Å². The van der Waals surface area contributed by atoms with Crippen molar-refractivity contribution in [3.63, 3.8) is 0 Å². The third-order valence-electron chi connectivity index (χ3n) is 3.24. The van der Waals surface area contributed by atoms with E-state index in [9.17, 15) is 4.79 Å². The molecule has 2 rings (SSSR count). The Labute approximate surface area is 143 Å². The van der Waals surface area contributed by atoms with E-state index in [4.69, 9.17) is 14.2 Å². The zero-order chi connectivity index (χ0) is 16.8. The third-order valence-corrected chi connectivity index (χ3v) is 3.93. The number of carbonyl (C=O) groups excluding carboxylic acids is 1. The number of rotatable bonds is 6. The van der Waals surface area contributed by atoms with E-state index in [1.165, 1.54) is 0 Å². The van der Waals surface area contributed by atoms with Crippen LogP contribution in [0, 0.1) is 0 Å². The van der Waals surface area contributed by atoms with Gasteiger partial charge in [0.05, 0.1) is 33.4 Å². The summed E-state index contributed by atoms with van der Waals surface area (Å²) in [6.45, 7) is 0. The lowest BCUT2D eigenvalue weighted by molar-refractivity contribution is -0.115. The summed E-state index contributed by atoms with van der Waals surface area (Å²) in [5, 5.41) is 2.86. The highest BCUT2D eigenvalue weighted by atomic mass is 79.9. The highest BCUT2D eigenvalue weighted by Gasteiger charge is 2.15. The molecule has 0 fully saturated rings. The van der Waals surface area contributed by atoms with Crippen LogP contribution < -0.4 is 19.5 Å². The molecule has 0 spiro atoms.